The molecule has 2 N–H and O–H groups in total. The van der Waals surface area contributed by atoms with Crippen molar-refractivity contribution >= 4 is 31.5 Å². The van der Waals surface area contributed by atoms with Crippen molar-refractivity contribution < 1.29 is 13.4 Å². The molecule has 0 saturated heterocycles. The molecule has 0 aromatic heterocycles. The van der Waals surface area contributed by atoms with Gasteiger partial charge in [-0.1, -0.05) is 114 Å². The molecular weight excluding hydrogens is 439 g/mol. The van der Waals surface area contributed by atoms with Crippen LogP contribution in [0, 0.1) is 0 Å². The van der Waals surface area contributed by atoms with Crippen molar-refractivity contribution in [3.63, 3.8) is 0 Å². The standard InChI is InChI=1S/2C12H18N.2ClH.Cr/c2*1-8(2)10-6-5-7-11(9(3)4)12(10)13;;;/h2*5-9,13H,1-4H3;2*1H;/q2*-1;;;+2/p-2. The number of rotatable bonds is 4. The van der Waals surface area contributed by atoms with E-state index in [0.717, 1.165) is 33.6 Å². The summed E-state index contributed by atoms with van der Waals surface area (Å²) in [5.74, 6) is 1.80. The van der Waals surface area contributed by atoms with Crippen LogP contribution in [0.5, 0.6) is 0 Å². The van der Waals surface area contributed by atoms with Gasteiger partial charge in [0, 0.05) is 0 Å². The molecule has 0 fully saturated rings. The molecular formula is C24H36Cl2CrN2-2. The fourth-order valence-electron chi connectivity index (χ4n) is 3.10. The van der Waals surface area contributed by atoms with Gasteiger partial charge in [-0.3, -0.25) is 0 Å². The van der Waals surface area contributed by atoms with E-state index in [2.05, 4.69) is 91.8 Å². The van der Waals surface area contributed by atoms with Crippen LogP contribution in [0.1, 0.15) is 101 Å². The molecule has 0 heterocycles. The van der Waals surface area contributed by atoms with Crippen LogP contribution in [0.2, 0.25) is 0 Å². The minimum atomic E-state index is -0.181. The zero-order chi connectivity index (χ0) is 22.7. The number of hydrogen-bond acceptors (Lipinski definition) is 0. The van der Waals surface area contributed by atoms with Gasteiger partial charge < -0.3 is 11.5 Å². The van der Waals surface area contributed by atoms with Gasteiger partial charge in [0.1, 0.15) is 0 Å². The van der Waals surface area contributed by atoms with Crippen LogP contribution in [0.4, 0.5) is 11.4 Å². The summed E-state index contributed by atoms with van der Waals surface area (Å²) in [5, 5.41) is 0. The van der Waals surface area contributed by atoms with Crippen LogP contribution >= 0.6 is 20.1 Å². The second-order valence-corrected chi connectivity index (χ2v) is 10.4. The second-order valence-electron chi connectivity index (χ2n) is 8.30. The molecule has 0 aliphatic rings. The Labute approximate surface area is 193 Å². The van der Waals surface area contributed by atoms with E-state index < -0.39 is 0 Å². The summed E-state index contributed by atoms with van der Waals surface area (Å²) < 4.78 is 0. The Morgan fingerprint density at radius 2 is 0.724 bits per heavy atom. The van der Waals surface area contributed by atoms with Crippen LogP contribution in [0.15, 0.2) is 36.4 Å². The molecule has 0 unspecified atom stereocenters. The summed E-state index contributed by atoms with van der Waals surface area (Å²) in [6, 6.07) is 12.3. The van der Waals surface area contributed by atoms with Crippen molar-refractivity contribution in [1.82, 2.24) is 0 Å². The van der Waals surface area contributed by atoms with Crippen LogP contribution in [0.25, 0.3) is 11.5 Å². The molecule has 0 atom stereocenters. The van der Waals surface area contributed by atoms with E-state index in [4.69, 9.17) is 31.6 Å². The predicted octanol–water partition coefficient (Wildman–Crippen LogP) is 10.6. The molecule has 0 aliphatic carbocycles. The molecule has 2 rings (SSSR count). The summed E-state index contributed by atoms with van der Waals surface area (Å²) in [6.45, 7) is 17.1. The third-order valence-corrected chi connectivity index (χ3v) is 4.75. The van der Waals surface area contributed by atoms with Gasteiger partial charge in [-0.05, 0) is 23.7 Å². The number of halogens is 2. The van der Waals surface area contributed by atoms with Crippen molar-refractivity contribution in [1.29, 1.82) is 0 Å². The molecule has 29 heavy (non-hydrogen) atoms. The fourth-order valence-corrected chi connectivity index (χ4v) is 3.10. The first-order chi connectivity index (χ1) is 13.5. The van der Waals surface area contributed by atoms with Gasteiger partial charge in [-0.15, -0.1) is 11.4 Å². The van der Waals surface area contributed by atoms with E-state index in [-0.39, 0.29) is 13.4 Å². The molecule has 0 saturated carbocycles. The maximum atomic E-state index is 8.01. The van der Waals surface area contributed by atoms with Crippen molar-refractivity contribution in [3.8, 4) is 0 Å². The average molecular weight is 475 g/mol. The minimum absolute atomic E-state index is 0.181. The topological polar surface area (TPSA) is 47.6 Å². The SMILES string of the molecule is CC(C)c1cccc(C(C)C)c1[NH-].CC(C)c1cccc(C(C)C)c1[NH-].[Cl][Cr][Cl]. The van der Waals surface area contributed by atoms with E-state index in [1.165, 1.54) is 0 Å². The third-order valence-electron chi connectivity index (χ3n) is 4.75. The predicted molar refractivity (Wildman–Crippen MR) is 129 cm³/mol. The monoisotopic (exact) mass is 474 g/mol. The Bertz CT molecular complexity index is 615. The third kappa shape index (κ3) is 9.22. The first kappa shape index (κ1) is 28.2. The van der Waals surface area contributed by atoms with Gasteiger partial charge in [-0.25, -0.2) is 0 Å². The molecule has 0 amide bonds. The quantitative estimate of drug-likeness (QED) is 0.422. The van der Waals surface area contributed by atoms with Crippen molar-refractivity contribution in [2.24, 2.45) is 0 Å². The van der Waals surface area contributed by atoms with E-state index in [9.17, 15) is 0 Å². The van der Waals surface area contributed by atoms with Crippen LogP contribution < -0.4 is 0 Å². The summed E-state index contributed by atoms with van der Waals surface area (Å²) in [4.78, 5) is 0. The van der Waals surface area contributed by atoms with E-state index >= 15 is 0 Å². The van der Waals surface area contributed by atoms with Gasteiger partial charge in [0.2, 0.25) is 0 Å². The Balaban J connectivity index is 0.000000477. The number of hydrogen-bond donors (Lipinski definition) is 0. The number of benzene rings is 2. The van der Waals surface area contributed by atoms with E-state index in [1.54, 1.807) is 0 Å². The normalized spacial score (nSPS) is 10.7. The Hall–Kier alpha value is -0.848. The summed E-state index contributed by atoms with van der Waals surface area (Å²) in [6.07, 6.45) is 0. The van der Waals surface area contributed by atoms with Gasteiger partial charge in [0.15, 0.2) is 0 Å². The van der Waals surface area contributed by atoms with Crippen LogP contribution in [-0.4, -0.2) is 0 Å². The molecule has 5 heteroatoms. The Kier molecular flexibility index (Phi) is 13.8. The molecule has 0 spiro atoms. The summed E-state index contributed by atoms with van der Waals surface area (Å²) in [7, 11) is 9.65. The zero-order valence-corrected chi connectivity index (χ0v) is 21.7. The average Bonchev–Trinajstić information content (AvgIpc) is 2.62. The maximum absolute atomic E-state index is 8.01. The van der Waals surface area contributed by atoms with Gasteiger partial charge in [0.25, 0.3) is 0 Å². The van der Waals surface area contributed by atoms with Crippen molar-refractivity contribution in [2.75, 3.05) is 0 Å². The van der Waals surface area contributed by atoms with Crippen molar-refractivity contribution in [2.45, 2.75) is 79.1 Å². The summed E-state index contributed by atoms with van der Waals surface area (Å²) >= 11 is -0.181. The summed E-state index contributed by atoms with van der Waals surface area (Å²) in [5.41, 5.74) is 22.1. The molecule has 0 radical (unpaired) electrons. The molecule has 0 aliphatic heterocycles. The Morgan fingerprint density at radius 3 is 0.862 bits per heavy atom. The van der Waals surface area contributed by atoms with E-state index in [0.29, 0.717) is 23.7 Å². The van der Waals surface area contributed by atoms with E-state index in [1.807, 2.05) is 0 Å². The molecule has 2 aromatic carbocycles. The van der Waals surface area contributed by atoms with Gasteiger partial charge >= 0.3 is 33.5 Å². The number of nitrogens with one attached hydrogen (secondary N) is 2. The van der Waals surface area contributed by atoms with Gasteiger partial charge in [-0.2, -0.15) is 0 Å². The first-order valence-electron chi connectivity index (χ1n) is 10.1. The fraction of sp³-hybridized carbons (Fsp3) is 0.500. The first-order valence-corrected chi connectivity index (χ1v) is 13.6. The molecule has 164 valence electrons. The molecule has 2 aromatic rings. The zero-order valence-electron chi connectivity index (χ0n) is 18.9. The molecule has 2 nitrogen and oxygen atoms in total. The van der Waals surface area contributed by atoms with Crippen LogP contribution in [-0.2, 0) is 13.4 Å². The molecule has 0 bridgehead atoms. The van der Waals surface area contributed by atoms with Crippen molar-refractivity contribution in [3.05, 3.63) is 70.1 Å². The Morgan fingerprint density at radius 1 is 0.552 bits per heavy atom. The second kappa shape index (κ2) is 14.2. The van der Waals surface area contributed by atoms with Crippen LogP contribution in [0.3, 0.4) is 0 Å². The van der Waals surface area contributed by atoms with Gasteiger partial charge in [0.05, 0.1) is 0 Å².